The van der Waals surface area contributed by atoms with Crippen molar-refractivity contribution >= 4 is 0 Å². The molecule has 1 fully saturated rings. The molecule has 0 bridgehead atoms. The van der Waals surface area contributed by atoms with Crippen LogP contribution in [-0.2, 0) is 7.05 Å². The van der Waals surface area contributed by atoms with E-state index in [4.69, 9.17) is 5.73 Å². The first kappa shape index (κ1) is 15.5. The Bertz CT molecular complexity index is 404. The number of hydrogen-bond donors (Lipinski definition) is 1. The smallest absolute Gasteiger partial charge is 0.0538 e. The van der Waals surface area contributed by atoms with Crippen LogP contribution in [0.2, 0.25) is 0 Å². The van der Waals surface area contributed by atoms with Gasteiger partial charge in [-0.1, -0.05) is 20.8 Å². The van der Waals surface area contributed by atoms with Crippen LogP contribution in [0.3, 0.4) is 0 Å². The van der Waals surface area contributed by atoms with E-state index in [1.54, 1.807) is 0 Å². The summed E-state index contributed by atoms with van der Waals surface area (Å²) in [5, 5.41) is 4.33. The Hall–Kier alpha value is -0.870. The van der Waals surface area contributed by atoms with Gasteiger partial charge in [0.15, 0.2) is 0 Å². The molecule has 0 spiro atoms. The Morgan fingerprint density at radius 2 is 2.00 bits per heavy atom. The molecule has 0 radical (unpaired) electrons. The van der Waals surface area contributed by atoms with Gasteiger partial charge in [-0.15, -0.1) is 0 Å². The van der Waals surface area contributed by atoms with Crippen LogP contribution in [0, 0.1) is 11.8 Å². The zero-order chi connectivity index (χ0) is 14.7. The van der Waals surface area contributed by atoms with E-state index < -0.39 is 0 Å². The van der Waals surface area contributed by atoms with E-state index in [1.165, 1.54) is 18.4 Å². The predicted molar refractivity (Wildman–Crippen MR) is 83.4 cm³/mol. The molecule has 4 heteroatoms. The molecule has 4 nitrogen and oxygen atoms in total. The van der Waals surface area contributed by atoms with Crippen molar-refractivity contribution < 1.29 is 0 Å². The zero-order valence-electron chi connectivity index (χ0n) is 13.4. The monoisotopic (exact) mass is 278 g/mol. The second kappa shape index (κ2) is 6.72. The van der Waals surface area contributed by atoms with E-state index in [2.05, 4.69) is 37.0 Å². The molecule has 2 N–H and O–H groups in total. The molecule has 2 rings (SSSR count). The summed E-state index contributed by atoms with van der Waals surface area (Å²) in [7, 11) is 1.98. The SMILES string of the molecule is CCC(N)C(c1cnn(C)c1)N1CCC(C(C)C)CC1. The lowest BCUT2D eigenvalue weighted by molar-refractivity contribution is 0.0992. The van der Waals surface area contributed by atoms with Gasteiger partial charge in [0.25, 0.3) is 0 Å². The highest BCUT2D eigenvalue weighted by molar-refractivity contribution is 5.13. The highest BCUT2D eigenvalue weighted by atomic mass is 15.3. The molecule has 0 aromatic carbocycles. The van der Waals surface area contributed by atoms with Crippen LogP contribution in [0.4, 0.5) is 0 Å². The summed E-state index contributed by atoms with van der Waals surface area (Å²) in [6, 6.07) is 0.511. The molecule has 0 amide bonds. The molecule has 1 aliphatic heterocycles. The summed E-state index contributed by atoms with van der Waals surface area (Å²) in [6.07, 6.45) is 7.70. The first-order chi connectivity index (χ1) is 9.52. The third-order valence-electron chi connectivity index (χ3n) is 4.85. The van der Waals surface area contributed by atoms with E-state index in [0.717, 1.165) is 31.3 Å². The number of aromatic nitrogens is 2. The molecule has 1 aliphatic rings. The molecule has 2 heterocycles. The first-order valence-electron chi connectivity index (χ1n) is 8.01. The lowest BCUT2D eigenvalue weighted by Crippen LogP contribution is -2.45. The predicted octanol–water partition coefficient (Wildman–Crippen LogP) is 2.57. The van der Waals surface area contributed by atoms with Crippen LogP contribution >= 0.6 is 0 Å². The third-order valence-corrected chi connectivity index (χ3v) is 4.85. The number of nitrogens with zero attached hydrogens (tertiary/aromatic N) is 3. The summed E-state index contributed by atoms with van der Waals surface area (Å²) < 4.78 is 1.88. The fourth-order valence-corrected chi connectivity index (χ4v) is 3.41. The highest BCUT2D eigenvalue weighted by Gasteiger charge is 2.30. The van der Waals surface area contributed by atoms with E-state index in [0.29, 0.717) is 6.04 Å². The maximum atomic E-state index is 6.41. The topological polar surface area (TPSA) is 47.1 Å². The number of aryl methyl sites for hydroxylation is 1. The Balaban J connectivity index is 2.09. The fourth-order valence-electron chi connectivity index (χ4n) is 3.41. The second-order valence-corrected chi connectivity index (χ2v) is 6.58. The molecule has 2 atom stereocenters. The van der Waals surface area contributed by atoms with Gasteiger partial charge in [-0.2, -0.15) is 5.10 Å². The van der Waals surface area contributed by atoms with Crippen LogP contribution in [0.25, 0.3) is 0 Å². The molecule has 114 valence electrons. The average molecular weight is 278 g/mol. The third kappa shape index (κ3) is 3.41. The summed E-state index contributed by atoms with van der Waals surface area (Å²) in [6.45, 7) is 9.19. The van der Waals surface area contributed by atoms with Crippen LogP contribution in [0.5, 0.6) is 0 Å². The molecule has 1 saturated heterocycles. The van der Waals surface area contributed by atoms with E-state index in [1.807, 2.05) is 17.9 Å². The minimum absolute atomic E-state index is 0.190. The molecule has 1 aromatic rings. The Morgan fingerprint density at radius 3 is 2.45 bits per heavy atom. The van der Waals surface area contributed by atoms with E-state index in [9.17, 15) is 0 Å². The van der Waals surface area contributed by atoms with Gasteiger partial charge < -0.3 is 5.73 Å². The molecule has 0 saturated carbocycles. The Labute approximate surface area is 123 Å². The summed E-state index contributed by atoms with van der Waals surface area (Å²) >= 11 is 0. The van der Waals surface area contributed by atoms with Crippen LogP contribution in [0.15, 0.2) is 12.4 Å². The van der Waals surface area contributed by atoms with Gasteiger partial charge >= 0.3 is 0 Å². The number of nitrogens with two attached hydrogens (primary N) is 1. The molecule has 2 unspecified atom stereocenters. The zero-order valence-corrected chi connectivity index (χ0v) is 13.4. The fraction of sp³-hybridized carbons (Fsp3) is 0.812. The number of hydrogen-bond acceptors (Lipinski definition) is 3. The largest absolute Gasteiger partial charge is 0.326 e. The Kier molecular flexibility index (Phi) is 5.22. The number of piperidine rings is 1. The number of rotatable bonds is 5. The standard InChI is InChI=1S/C16H30N4/c1-5-15(17)16(14-10-18-19(4)11-14)20-8-6-13(7-9-20)12(2)3/h10-13,15-16H,5-9,17H2,1-4H3. The lowest BCUT2D eigenvalue weighted by atomic mass is 9.85. The normalized spacial score (nSPS) is 21.3. The average Bonchev–Trinajstić information content (AvgIpc) is 2.85. The lowest BCUT2D eigenvalue weighted by Gasteiger charge is -2.40. The van der Waals surface area contributed by atoms with Gasteiger partial charge in [-0.3, -0.25) is 9.58 Å². The van der Waals surface area contributed by atoms with Crippen molar-refractivity contribution in [3.05, 3.63) is 18.0 Å². The summed E-state index contributed by atoms with van der Waals surface area (Å²) in [5.74, 6) is 1.67. The molecule has 0 aliphatic carbocycles. The molecular formula is C16H30N4. The van der Waals surface area contributed by atoms with Crippen molar-refractivity contribution in [1.82, 2.24) is 14.7 Å². The molecule has 20 heavy (non-hydrogen) atoms. The Morgan fingerprint density at radius 1 is 1.35 bits per heavy atom. The quantitative estimate of drug-likeness (QED) is 0.900. The highest BCUT2D eigenvalue weighted by Crippen LogP contribution is 2.32. The van der Waals surface area contributed by atoms with Gasteiger partial charge in [-0.05, 0) is 44.2 Å². The van der Waals surface area contributed by atoms with Gasteiger partial charge in [0, 0.05) is 24.8 Å². The van der Waals surface area contributed by atoms with Crippen molar-refractivity contribution in [2.45, 2.75) is 52.1 Å². The number of likely N-dealkylation sites (tertiary alicyclic amines) is 1. The maximum Gasteiger partial charge on any atom is 0.0538 e. The van der Waals surface area contributed by atoms with Crippen molar-refractivity contribution in [2.24, 2.45) is 24.6 Å². The van der Waals surface area contributed by atoms with E-state index >= 15 is 0 Å². The van der Waals surface area contributed by atoms with E-state index in [-0.39, 0.29) is 6.04 Å². The van der Waals surface area contributed by atoms with Crippen LogP contribution in [-0.4, -0.2) is 33.8 Å². The van der Waals surface area contributed by atoms with Crippen LogP contribution in [0.1, 0.15) is 51.6 Å². The van der Waals surface area contributed by atoms with Gasteiger partial charge in [-0.25, -0.2) is 0 Å². The van der Waals surface area contributed by atoms with Gasteiger partial charge in [0.1, 0.15) is 0 Å². The minimum Gasteiger partial charge on any atom is -0.326 e. The van der Waals surface area contributed by atoms with Crippen LogP contribution < -0.4 is 5.73 Å². The summed E-state index contributed by atoms with van der Waals surface area (Å²) in [5.41, 5.74) is 7.67. The van der Waals surface area contributed by atoms with Gasteiger partial charge in [0.2, 0.25) is 0 Å². The first-order valence-corrected chi connectivity index (χ1v) is 8.01. The molecular weight excluding hydrogens is 248 g/mol. The van der Waals surface area contributed by atoms with Crippen molar-refractivity contribution in [3.63, 3.8) is 0 Å². The maximum absolute atomic E-state index is 6.41. The molecule has 1 aromatic heterocycles. The van der Waals surface area contributed by atoms with Crippen molar-refractivity contribution in [2.75, 3.05) is 13.1 Å². The minimum atomic E-state index is 0.190. The second-order valence-electron chi connectivity index (χ2n) is 6.58. The van der Waals surface area contributed by atoms with Gasteiger partial charge in [0.05, 0.1) is 12.2 Å². The van der Waals surface area contributed by atoms with Crippen molar-refractivity contribution in [1.29, 1.82) is 0 Å². The summed E-state index contributed by atoms with van der Waals surface area (Å²) in [4.78, 5) is 2.57. The van der Waals surface area contributed by atoms with Crippen molar-refractivity contribution in [3.8, 4) is 0 Å².